The molecule has 1 fully saturated rings. The second-order valence-electron chi connectivity index (χ2n) is 3.74. The van der Waals surface area contributed by atoms with Gasteiger partial charge in [-0.25, -0.2) is 8.42 Å². The smallest absolute Gasteiger partial charge is 0.303 e. The van der Waals surface area contributed by atoms with E-state index in [9.17, 15) is 13.2 Å². The van der Waals surface area contributed by atoms with Crippen LogP contribution in [0, 0.1) is 0 Å². The molecule has 1 aliphatic rings. The molecular weight excluding hydrogens is 192 g/mol. The van der Waals surface area contributed by atoms with Crippen molar-refractivity contribution in [3.63, 3.8) is 0 Å². The van der Waals surface area contributed by atoms with Crippen molar-refractivity contribution in [3.05, 3.63) is 0 Å². The molecule has 5 heteroatoms. The molecule has 13 heavy (non-hydrogen) atoms. The van der Waals surface area contributed by atoms with Gasteiger partial charge in [0.25, 0.3) is 0 Å². The second kappa shape index (κ2) is 3.29. The monoisotopic (exact) mass is 206 g/mol. The molecule has 0 bridgehead atoms. The van der Waals surface area contributed by atoms with Crippen LogP contribution in [-0.4, -0.2) is 31.5 Å². The van der Waals surface area contributed by atoms with Gasteiger partial charge in [0.2, 0.25) is 0 Å². The van der Waals surface area contributed by atoms with E-state index in [-0.39, 0.29) is 11.5 Å². The molecule has 0 aliphatic carbocycles. The van der Waals surface area contributed by atoms with Crippen molar-refractivity contribution in [2.45, 2.75) is 32.3 Å². The number of rotatable bonds is 1. The van der Waals surface area contributed by atoms with Crippen LogP contribution in [0.1, 0.15) is 26.7 Å². The van der Waals surface area contributed by atoms with Crippen LogP contribution < -0.4 is 0 Å². The molecule has 4 nitrogen and oxygen atoms in total. The third-order valence-electron chi connectivity index (χ3n) is 2.08. The van der Waals surface area contributed by atoms with Crippen LogP contribution in [0.4, 0.5) is 0 Å². The molecule has 1 aliphatic heterocycles. The van der Waals surface area contributed by atoms with E-state index in [1.54, 1.807) is 6.92 Å². The molecule has 0 radical (unpaired) electrons. The molecule has 0 aromatic heterocycles. The summed E-state index contributed by atoms with van der Waals surface area (Å²) in [6.45, 7) is 2.97. The summed E-state index contributed by atoms with van der Waals surface area (Å²) in [6, 6.07) is 0. The summed E-state index contributed by atoms with van der Waals surface area (Å²) in [6.07, 6.45) is 1.21. The van der Waals surface area contributed by atoms with Gasteiger partial charge in [-0.3, -0.25) is 4.79 Å². The maximum Gasteiger partial charge on any atom is 0.303 e. The fourth-order valence-electron chi connectivity index (χ4n) is 1.70. The molecule has 1 atom stereocenters. The van der Waals surface area contributed by atoms with Crippen LogP contribution in [0.5, 0.6) is 0 Å². The van der Waals surface area contributed by atoms with E-state index in [0.29, 0.717) is 12.8 Å². The van der Waals surface area contributed by atoms with Crippen LogP contribution >= 0.6 is 0 Å². The van der Waals surface area contributed by atoms with Gasteiger partial charge in [-0.15, -0.1) is 0 Å². The van der Waals surface area contributed by atoms with Gasteiger partial charge in [0.05, 0.1) is 11.5 Å². The molecule has 0 spiro atoms. The van der Waals surface area contributed by atoms with Gasteiger partial charge in [-0.05, 0) is 19.8 Å². The highest BCUT2D eigenvalue weighted by molar-refractivity contribution is 7.91. The molecule has 1 rings (SSSR count). The fourth-order valence-corrected chi connectivity index (χ4v) is 3.57. The van der Waals surface area contributed by atoms with E-state index >= 15 is 0 Å². The van der Waals surface area contributed by atoms with Crippen LogP contribution in [0.25, 0.3) is 0 Å². The Hall–Kier alpha value is -0.580. The minimum absolute atomic E-state index is 0.0421. The van der Waals surface area contributed by atoms with E-state index in [2.05, 4.69) is 0 Å². The lowest BCUT2D eigenvalue weighted by molar-refractivity contribution is -0.154. The predicted octanol–water partition coefficient (Wildman–Crippen LogP) is 0.517. The highest BCUT2D eigenvalue weighted by Gasteiger charge is 2.37. The first kappa shape index (κ1) is 10.5. The maximum atomic E-state index is 11.3. The summed E-state index contributed by atoms with van der Waals surface area (Å²) in [5.41, 5.74) is -0.803. The zero-order valence-corrected chi connectivity index (χ0v) is 8.69. The summed E-state index contributed by atoms with van der Waals surface area (Å²) in [7, 11) is -3.01. The predicted molar refractivity (Wildman–Crippen MR) is 48.1 cm³/mol. The summed E-state index contributed by atoms with van der Waals surface area (Å²) < 4.78 is 27.5. The number of carbonyl (C=O) groups excluding carboxylic acids is 1. The molecule has 76 valence electrons. The molecule has 0 aromatic rings. The zero-order chi connectivity index (χ0) is 10.1. The molecular formula is C8H14O4S. The van der Waals surface area contributed by atoms with Crippen LogP contribution in [-0.2, 0) is 19.4 Å². The quantitative estimate of drug-likeness (QED) is 0.587. The molecule has 0 N–H and O–H groups in total. The Labute approximate surface area is 78.2 Å². The van der Waals surface area contributed by atoms with E-state index in [1.807, 2.05) is 0 Å². The summed E-state index contributed by atoms with van der Waals surface area (Å²) in [4.78, 5) is 10.7. The van der Waals surface area contributed by atoms with Crippen molar-refractivity contribution < 1.29 is 17.9 Å². The third-order valence-corrected chi connectivity index (χ3v) is 4.04. The van der Waals surface area contributed by atoms with Crippen molar-refractivity contribution >= 4 is 15.8 Å². The lowest BCUT2D eigenvalue weighted by Gasteiger charge is -2.32. The normalized spacial score (nSPS) is 32.5. The van der Waals surface area contributed by atoms with Crippen LogP contribution in [0.3, 0.4) is 0 Å². The summed E-state index contributed by atoms with van der Waals surface area (Å²) in [5, 5.41) is 0. The first-order valence-corrected chi connectivity index (χ1v) is 6.05. The Morgan fingerprint density at radius 1 is 1.46 bits per heavy atom. The number of carbonyl (C=O) groups is 1. The molecule has 1 heterocycles. The minimum Gasteiger partial charge on any atom is -0.458 e. The Morgan fingerprint density at radius 2 is 2.08 bits per heavy atom. The molecule has 0 amide bonds. The molecule has 1 unspecified atom stereocenters. The Kier molecular flexibility index (Phi) is 2.66. The van der Waals surface area contributed by atoms with Crippen LogP contribution in [0.2, 0.25) is 0 Å². The van der Waals surface area contributed by atoms with Crippen molar-refractivity contribution in [1.29, 1.82) is 0 Å². The minimum atomic E-state index is -3.01. The van der Waals surface area contributed by atoms with Crippen molar-refractivity contribution in [3.8, 4) is 0 Å². The van der Waals surface area contributed by atoms with E-state index in [4.69, 9.17) is 4.74 Å². The van der Waals surface area contributed by atoms with Gasteiger partial charge in [0.1, 0.15) is 5.60 Å². The number of sulfone groups is 1. The number of esters is 1. The number of ether oxygens (including phenoxy) is 1. The highest BCUT2D eigenvalue weighted by Crippen LogP contribution is 2.26. The maximum absolute atomic E-state index is 11.3. The van der Waals surface area contributed by atoms with Crippen molar-refractivity contribution in [1.82, 2.24) is 0 Å². The molecule has 0 aromatic carbocycles. The Morgan fingerprint density at radius 3 is 2.54 bits per heavy atom. The van der Waals surface area contributed by atoms with Crippen molar-refractivity contribution in [2.24, 2.45) is 0 Å². The standard InChI is InChI=1S/C8H14O4S/c1-7(9)12-8(2)4-3-5-13(10,11)6-8/h3-6H2,1-2H3. The molecule has 1 saturated heterocycles. The molecule has 0 saturated carbocycles. The van der Waals surface area contributed by atoms with Crippen LogP contribution in [0.15, 0.2) is 0 Å². The van der Waals surface area contributed by atoms with Crippen molar-refractivity contribution in [2.75, 3.05) is 11.5 Å². The number of hydrogen-bond acceptors (Lipinski definition) is 4. The first-order valence-electron chi connectivity index (χ1n) is 4.23. The average molecular weight is 206 g/mol. The second-order valence-corrected chi connectivity index (χ2v) is 5.92. The Balaban J connectivity index is 2.74. The van der Waals surface area contributed by atoms with Gasteiger partial charge in [0.15, 0.2) is 9.84 Å². The van der Waals surface area contributed by atoms with E-state index < -0.39 is 21.4 Å². The fraction of sp³-hybridized carbons (Fsp3) is 0.875. The van der Waals surface area contributed by atoms with E-state index in [1.165, 1.54) is 6.92 Å². The topological polar surface area (TPSA) is 60.4 Å². The summed E-state index contributed by atoms with van der Waals surface area (Å²) >= 11 is 0. The average Bonchev–Trinajstić information content (AvgIpc) is 1.79. The van der Waals surface area contributed by atoms with Gasteiger partial charge in [-0.2, -0.15) is 0 Å². The lowest BCUT2D eigenvalue weighted by Crippen LogP contribution is -2.43. The first-order chi connectivity index (χ1) is 5.83. The zero-order valence-electron chi connectivity index (χ0n) is 7.87. The van der Waals surface area contributed by atoms with E-state index in [0.717, 1.165) is 0 Å². The lowest BCUT2D eigenvalue weighted by atomic mass is 10.0. The van der Waals surface area contributed by atoms with Gasteiger partial charge in [0, 0.05) is 6.92 Å². The Bertz CT molecular complexity index is 306. The largest absolute Gasteiger partial charge is 0.458 e. The third kappa shape index (κ3) is 2.99. The highest BCUT2D eigenvalue weighted by atomic mass is 32.2. The van der Waals surface area contributed by atoms with Gasteiger partial charge >= 0.3 is 5.97 Å². The summed E-state index contributed by atoms with van der Waals surface area (Å²) in [5.74, 6) is -0.247. The SMILES string of the molecule is CC(=O)OC1(C)CCCS(=O)(=O)C1. The number of hydrogen-bond donors (Lipinski definition) is 0. The van der Waals surface area contributed by atoms with Gasteiger partial charge < -0.3 is 4.74 Å². The van der Waals surface area contributed by atoms with Gasteiger partial charge in [-0.1, -0.05) is 0 Å².